The van der Waals surface area contributed by atoms with Crippen molar-refractivity contribution in [1.29, 1.82) is 0 Å². The first-order valence-electron chi connectivity index (χ1n) is 6.80. The van der Waals surface area contributed by atoms with Crippen molar-refractivity contribution in [1.82, 2.24) is 9.88 Å². The van der Waals surface area contributed by atoms with Crippen LogP contribution in [0, 0.1) is 5.82 Å². The van der Waals surface area contributed by atoms with Crippen LogP contribution in [0.25, 0.3) is 0 Å². The lowest BCUT2D eigenvalue weighted by Gasteiger charge is -2.21. The maximum atomic E-state index is 13.5. The van der Waals surface area contributed by atoms with Crippen molar-refractivity contribution in [2.24, 2.45) is 5.73 Å². The summed E-state index contributed by atoms with van der Waals surface area (Å²) in [4.78, 5) is 6.77. The fourth-order valence-electron chi connectivity index (χ4n) is 2.17. The van der Waals surface area contributed by atoms with Gasteiger partial charge in [-0.3, -0.25) is 9.88 Å². The fourth-order valence-corrected chi connectivity index (χ4v) is 2.37. The Morgan fingerprint density at radius 3 is 2.71 bits per heavy atom. The summed E-state index contributed by atoms with van der Waals surface area (Å²) in [7, 11) is 0. The summed E-state index contributed by atoms with van der Waals surface area (Å²) in [5, 5.41) is 0. The number of thiocarbonyl (C=S) groups is 1. The number of nitrogens with two attached hydrogens (primary N) is 1. The normalized spacial score (nSPS) is 10.8. The topological polar surface area (TPSA) is 42.2 Å². The van der Waals surface area contributed by atoms with Crippen LogP contribution >= 0.6 is 12.2 Å². The molecule has 5 heteroatoms. The quantitative estimate of drug-likeness (QED) is 0.833. The lowest BCUT2D eigenvalue weighted by atomic mass is 10.1. The Morgan fingerprint density at radius 2 is 2.10 bits per heavy atom. The Bertz CT molecular complexity index is 616. The third-order valence-electron chi connectivity index (χ3n) is 3.29. The smallest absolute Gasteiger partial charge is 0.123 e. The van der Waals surface area contributed by atoms with E-state index in [9.17, 15) is 4.39 Å². The van der Waals surface area contributed by atoms with Crippen LogP contribution in [0.1, 0.15) is 23.7 Å². The minimum absolute atomic E-state index is 0.279. The highest BCUT2D eigenvalue weighted by atomic mass is 32.1. The van der Waals surface area contributed by atoms with Gasteiger partial charge in [-0.25, -0.2) is 4.39 Å². The van der Waals surface area contributed by atoms with Gasteiger partial charge in [-0.15, -0.1) is 0 Å². The molecule has 3 nitrogen and oxygen atoms in total. The third-order valence-corrected chi connectivity index (χ3v) is 3.51. The molecule has 2 aromatic rings. The van der Waals surface area contributed by atoms with Gasteiger partial charge >= 0.3 is 0 Å². The molecular formula is C16H18FN3S. The lowest BCUT2D eigenvalue weighted by Crippen LogP contribution is -2.25. The molecule has 0 fully saturated rings. The zero-order valence-electron chi connectivity index (χ0n) is 11.9. The highest BCUT2D eigenvalue weighted by Gasteiger charge is 2.11. The Labute approximate surface area is 129 Å². The van der Waals surface area contributed by atoms with Crippen molar-refractivity contribution in [3.63, 3.8) is 0 Å². The van der Waals surface area contributed by atoms with E-state index in [1.165, 1.54) is 12.1 Å². The van der Waals surface area contributed by atoms with E-state index >= 15 is 0 Å². The molecule has 2 N–H and O–H groups in total. The Morgan fingerprint density at radius 1 is 1.29 bits per heavy atom. The van der Waals surface area contributed by atoms with Gasteiger partial charge in [0.05, 0.1) is 5.69 Å². The van der Waals surface area contributed by atoms with Crippen molar-refractivity contribution in [2.75, 3.05) is 6.54 Å². The van der Waals surface area contributed by atoms with Gasteiger partial charge < -0.3 is 5.73 Å². The highest BCUT2D eigenvalue weighted by molar-refractivity contribution is 7.80. The van der Waals surface area contributed by atoms with Gasteiger partial charge in [0.1, 0.15) is 10.8 Å². The minimum atomic E-state index is -0.279. The molecule has 0 radical (unpaired) electrons. The van der Waals surface area contributed by atoms with Crippen molar-refractivity contribution in [3.8, 4) is 0 Å². The van der Waals surface area contributed by atoms with Crippen molar-refractivity contribution in [2.45, 2.75) is 20.0 Å². The van der Waals surface area contributed by atoms with Gasteiger partial charge in [-0.2, -0.15) is 0 Å². The monoisotopic (exact) mass is 303 g/mol. The van der Waals surface area contributed by atoms with Crippen molar-refractivity contribution in [3.05, 3.63) is 65.2 Å². The SMILES string of the molecule is CCN(Cc1ccccn1)Cc1cc(F)ccc1C(N)=S. The van der Waals surface area contributed by atoms with Crippen LogP contribution in [0.3, 0.4) is 0 Å². The molecule has 0 aliphatic heterocycles. The summed E-state index contributed by atoms with van der Waals surface area (Å²) in [6.07, 6.45) is 1.77. The van der Waals surface area contributed by atoms with Gasteiger partial charge in [0.2, 0.25) is 0 Å². The molecule has 1 aromatic carbocycles. The molecule has 0 atom stereocenters. The molecule has 0 bridgehead atoms. The molecule has 0 aliphatic carbocycles. The summed E-state index contributed by atoms with van der Waals surface area (Å²) in [5.41, 5.74) is 8.23. The van der Waals surface area contributed by atoms with E-state index in [4.69, 9.17) is 18.0 Å². The lowest BCUT2D eigenvalue weighted by molar-refractivity contribution is 0.267. The summed E-state index contributed by atoms with van der Waals surface area (Å²) < 4.78 is 13.5. The number of hydrogen-bond acceptors (Lipinski definition) is 3. The molecule has 0 amide bonds. The van der Waals surface area contributed by atoms with E-state index in [0.717, 1.165) is 23.4 Å². The molecule has 2 rings (SSSR count). The van der Waals surface area contributed by atoms with Crippen LogP contribution in [0.15, 0.2) is 42.6 Å². The number of benzene rings is 1. The third kappa shape index (κ3) is 4.31. The van der Waals surface area contributed by atoms with E-state index < -0.39 is 0 Å². The standard InChI is InChI=1S/C16H18FN3S/c1-2-20(11-14-5-3-4-8-19-14)10-12-9-13(17)6-7-15(12)16(18)21/h3-9H,2,10-11H2,1H3,(H2,18,21). The number of aromatic nitrogens is 1. The number of nitrogens with zero attached hydrogens (tertiary/aromatic N) is 2. The molecular weight excluding hydrogens is 285 g/mol. The van der Waals surface area contributed by atoms with Gasteiger partial charge in [-0.1, -0.05) is 25.2 Å². The van der Waals surface area contributed by atoms with Gasteiger partial charge in [0.15, 0.2) is 0 Å². The van der Waals surface area contributed by atoms with E-state index in [-0.39, 0.29) is 5.82 Å². The molecule has 0 saturated carbocycles. The summed E-state index contributed by atoms with van der Waals surface area (Å²) in [6, 6.07) is 10.3. The molecule has 1 heterocycles. The average molecular weight is 303 g/mol. The van der Waals surface area contributed by atoms with Gasteiger partial charge in [-0.05, 0) is 42.4 Å². The van der Waals surface area contributed by atoms with Crippen LogP contribution in [-0.4, -0.2) is 21.4 Å². The Kier molecular flexibility index (Phi) is 5.36. The average Bonchev–Trinajstić information content (AvgIpc) is 2.47. The predicted molar refractivity (Wildman–Crippen MR) is 86.3 cm³/mol. The van der Waals surface area contributed by atoms with Crippen LogP contribution in [-0.2, 0) is 13.1 Å². The minimum Gasteiger partial charge on any atom is -0.389 e. The number of rotatable bonds is 6. The predicted octanol–water partition coefficient (Wildman–Crippen LogP) is 2.88. The molecule has 0 saturated heterocycles. The van der Waals surface area contributed by atoms with E-state index in [2.05, 4.69) is 16.8 Å². The molecule has 21 heavy (non-hydrogen) atoms. The first-order chi connectivity index (χ1) is 10.1. The van der Waals surface area contributed by atoms with Crippen molar-refractivity contribution >= 4 is 17.2 Å². The van der Waals surface area contributed by atoms with E-state index in [0.29, 0.717) is 18.1 Å². The second-order valence-corrected chi connectivity index (χ2v) is 5.23. The van der Waals surface area contributed by atoms with Crippen LogP contribution in [0.4, 0.5) is 4.39 Å². The molecule has 0 unspecified atom stereocenters. The zero-order chi connectivity index (χ0) is 15.2. The fraction of sp³-hybridized carbons (Fsp3) is 0.250. The summed E-state index contributed by atoms with van der Waals surface area (Å²) >= 11 is 5.04. The maximum absolute atomic E-state index is 13.5. The van der Waals surface area contributed by atoms with Gasteiger partial charge in [0.25, 0.3) is 0 Å². The first-order valence-corrected chi connectivity index (χ1v) is 7.21. The van der Waals surface area contributed by atoms with Crippen molar-refractivity contribution < 1.29 is 4.39 Å². The summed E-state index contributed by atoms with van der Waals surface area (Å²) in [5.74, 6) is -0.279. The van der Waals surface area contributed by atoms with Crippen LogP contribution in [0.5, 0.6) is 0 Å². The molecule has 1 aromatic heterocycles. The van der Waals surface area contributed by atoms with E-state index in [1.54, 1.807) is 12.3 Å². The molecule has 110 valence electrons. The Hall–Kier alpha value is -1.85. The number of halogens is 1. The van der Waals surface area contributed by atoms with E-state index in [1.807, 2.05) is 18.2 Å². The summed E-state index contributed by atoms with van der Waals surface area (Å²) in [6.45, 7) is 4.16. The van der Waals surface area contributed by atoms with Gasteiger partial charge in [0, 0.05) is 24.8 Å². The zero-order valence-corrected chi connectivity index (χ0v) is 12.7. The van der Waals surface area contributed by atoms with Crippen LogP contribution in [0.2, 0.25) is 0 Å². The van der Waals surface area contributed by atoms with Crippen LogP contribution < -0.4 is 5.73 Å². The second-order valence-electron chi connectivity index (χ2n) is 4.79. The largest absolute Gasteiger partial charge is 0.389 e. The highest BCUT2D eigenvalue weighted by Crippen LogP contribution is 2.15. The number of pyridine rings is 1. The maximum Gasteiger partial charge on any atom is 0.123 e. The second kappa shape index (κ2) is 7.24. The molecule has 0 spiro atoms. The first kappa shape index (κ1) is 15.5. The number of hydrogen-bond donors (Lipinski definition) is 1. The molecule has 0 aliphatic rings. The Balaban J connectivity index is 2.18.